The lowest BCUT2D eigenvalue weighted by atomic mass is 9.90. The highest BCUT2D eigenvalue weighted by Gasteiger charge is 2.30. The first-order chi connectivity index (χ1) is 15.9. The van der Waals surface area contributed by atoms with Crippen LogP contribution in [0.15, 0.2) is 66.6 Å². The molecule has 33 heavy (non-hydrogen) atoms. The van der Waals surface area contributed by atoms with Gasteiger partial charge in [-0.2, -0.15) is 13.2 Å². The largest absolute Gasteiger partial charge is 0.417 e. The van der Waals surface area contributed by atoms with Gasteiger partial charge in [-0.1, -0.05) is 11.6 Å². The first-order valence-electron chi connectivity index (χ1n) is 10.6. The van der Waals surface area contributed by atoms with Crippen molar-refractivity contribution in [3.8, 4) is 0 Å². The number of carbonyl (C=O) groups excluding carboxylic acids is 1. The Morgan fingerprint density at radius 1 is 1.12 bits per heavy atom. The Labute approximate surface area is 193 Å². The summed E-state index contributed by atoms with van der Waals surface area (Å²) < 4.78 is 38.0. The molecule has 0 unspecified atom stereocenters. The molecule has 0 atom stereocenters. The first kappa shape index (κ1) is 23.0. The summed E-state index contributed by atoms with van der Waals surface area (Å²) in [7, 11) is 0. The summed E-state index contributed by atoms with van der Waals surface area (Å²) in [5.74, 6) is 0.295. The Hall–Kier alpha value is -3.20. The summed E-state index contributed by atoms with van der Waals surface area (Å²) in [4.78, 5) is 21.3. The predicted molar refractivity (Wildman–Crippen MR) is 123 cm³/mol. The van der Waals surface area contributed by atoms with Gasteiger partial charge < -0.3 is 10.6 Å². The van der Waals surface area contributed by atoms with E-state index in [1.54, 1.807) is 35.9 Å². The fourth-order valence-corrected chi connectivity index (χ4v) is 4.54. The second-order valence-electron chi connectivity index (χ2n) is 7.88. The van der Waals surface area contributed by atoms with E-state index in [4.69, 9.17) is 0 Å². The monoisotopic (exact) mass is 472 g/mol. The van der Waals surface area contributed by atoms with Gasteiger partial charge in [0.1, 0.15) is 5.82 Å². The second-order valence-corrected chi connectivity index (χ2v) is 9.05. The maximum atomic E-state index is 12.7. The molecule has 172 valence electrons. The topological polar surface area (TPSA) is 66.9 Å². The van der Waals surface area contributed by atoms with Crippen molar-refractivity contribution >= 4 is 28.1 Å². The number of halogens is 3. The summed E-state index contributed by atoms with van der Waals surface area (Å²) in [6.45, 7) is 0. The molecule has 1 aliphatic carbocycles. The number of aromatic nitrogens is 2. The normalized spacial score (nSPS) is 16.3. The maximum Gasteiger partial charge on any atom is 0.417 e. The van der Waals surface area contributed by atoms with Crippen LogP contribution >= 0.6 is 11.3 Å². The molecular weight excluding hydrogens is 449 g/mol. The molecule has 0 spiro atoms. The number of allylic oxidation sites excluding steroid dienone is 2. The highest BCUT2D eigenvalue weighted by molar-refractivity contribution is 7.16. The van der Waals surface area contributed by atoms with Crippen LogP contribution in [0.2, 0.25) is 0 Å². The zero-order valence-corrected chi connectivity index (χ0v) is 18.5. The van der Waals surface area contributed by atoms with Gasteiger partial charge in [0.15, 0.2) is 0 Å². The molecule has 0 aliphatic heterocycles. The Kier molecular flexibility index (Phi) is 7.08. The molecule has 5 nitrogen and oxygen atoms in total. The number of hydrogen-bond donors (Lipinski definition) is 2. The molecule has 1 saturated carbocycles. The Morgan fingerprint density at radius 3 is 2.61 bits per heavy atom. The van der Waals surface area contributed by atoms with Gasteiger partial charge in [0.05, 0.1) is 16.1 Å². The van der Waals surface area contributed by atoms with Gasteiger partial charge in [0.2, 0.25) is 0 Å². The number of anilines is 2. The number of nitrogens with one attached hydrogen (secondary N) is 2. The minimum absolute atomic E-state index is 0.0818. The lowest BCUT2D eigenvalue weighted by Crippen LogP contribution is -2.36. The smallest absolute Gasteiger partial charge is 0.349 e. The van der Waals surface area contributed by atoms with E-state index in [2.05, 4.69) is 26.7 Å². The van der Waals surface area contributed by atoms with Crippen molar-refractivity contribution in [3.63, 3.8) is 0 Å². The Balaban J connectivity index is 1.24. The molecule has 9 heteroatoms. The molecule has 3 aromatic heterocycles. The van der Waals surface area contributed by atoms with Crippen molar-refractivity contribution in [2.45, 2.75) is 44.3 Å². The van der Waals surface area contributed by atoms with Crippen LogP contribution in [0.4, 0.5) is 24.0 Å². The summed E-state index contributed by atoms with van der Waals surface area (Å²) in [5, 5.41) is 6.97. The van der Waals surface area contributed by atoms with E-state index in [9.17, 15) is 18.0 Å². The van der Waals surface area contributed by atoms with Gasteiger partial charge in [-0.3, -0.25) is 9.78 Å². The molecule has 0 aromatic carbocycles. The minimum atomic E-state index is -4.39. The molecule has 1 aliphatic rings. The number of amides is 1. The van der Waals surface area contributed by atoms with Gasteiger partial charge in [-0.15, -0.1) is 11.3 Å². The van der Waals surface area contributed by atoms with Crippen LogP contribution in [-0.4, -0.2) is 21.9 Å². The zero-order valence-electron chi connectivity index (χ0n) is 17.7. The third-order valence-electron chi connectivity index (χ3n) is 5.48. The lowest BCUT2D eigenvalue weighted by molar-refractivity contribution is -0.137. The Bertz CT molecular complexity index is 1100. The number of hydrogen-bond acceptors (Lipinski definition) is 5. The van der Waals surface area contributed by atoms with Crippen LogP contribution in [-0.2, 0) is 12.6 Å². The van der Waals surface area contributed by atoms with Crippen LogP contribution in [0.1, 0.15) is 46.5 Å². The molecule has 0 bridgehead atoms. The van der Waals surface area contributed by atoms with Crippen LogP contribution in [0.3, 0.4) is 0 Å². The molecule has 2 N–H and O–H groups in total. The highest BCUT2D eigenvalue weighted by Crippen LogP contribution is 2.31. The molecule has 3 heterocycles. The summed E-state index contributed by atoms with van der Waals surface area (Å²) in [6, 6.07) is 9.94. The molecule has 0 radical (unpaired) electrons. The number of carbonyl (C=O) groups is 1. The van der Waals surface area contributed by atoms with Gasteiger partial charge in [-0.05, 0) is 62.1 Å². The predicted octanol–water partition coefficient (Wildman–Crippen LogP) is 6.14. The van der Waals surface area contributed by atoms with E-state index in [0.29, 0.717) is 11.4 Å². The fraction of sp³-hybridized carbons (Fsp3) is 0.292. The number of nitrogens with zero attached hydrogens (tertiary/aromatic N) is 2. The van der Waals surface area contributed by atoms with Gasteiger partial charge in [0.25, 0.3) is 5.91 Å². The average Bonchev–Trinajstić information content (AvgIpc) is 3.26. The first-order valence-corrected chi connectivity index (χ1v) is 11.5. The number of alkyl halides is 3. The number of thiophene rings is 1. The van der Waals surface area contributed by atoms with Crippen LogP contribution in [0.5, 0.6) is 0 Å². The summed E-state index contributed by atoms with van der Waals surface area (Å²) in [6.07, 6.45) is 6.42. The van der Waals surface area contributed by atoms with Crippen molar-refractivity contribution in [3.05, 3.63) is 82.6 Å². The summed E-state index contributed by atoms with van der Waals surface area (Å²) in [5.41, 5.74) is 1.19. The van der Waals surface area contributed by atoms with Gasteiger partial charge >= 0.3 is 6.18 Å². The van der Waals surface area contributed by atoms with Gasteiger partial charge in [0, 0.05) is 35.9 Å². The van der Waals surface area contributed by atoms with Crippen molar-refractivity contribution < 1.29 is 18.0 Å². The molecule has 1 amide bonds. The van der Waals surface area contributed by atoms with Crippen molar-refractivity contribution in [2.24, 2.45) is 0 Å². The quantitative estimate of drug-likeness (QED) is 0.423. The third-order valence-corrected chi connectivity index (χ3v) is 6.51. The van der Waals surface area contributed by atoms with Crippen LogP contribution < -0.4 is 10.6 Å². The molecule has 1 fully saturated rings. The Morgan fingerprint density at radius 2 is 1.94 bits per heavy atom. The summed E-state index contributed by atoms with van der Waals surface area (Å²) >= 11 is 1.55. The van der Waals surface area contributed by atoms with E-state index >= 15 is 0 Å². The average molecular weight is 473 g/mol. The SMILES string of the molecule is O=C(NC1CCC(=CCc2ccc(Nc3ccc(C(F)(F)F)cn3)s2)CC1)c1cccnc1. The fourth-order valence-electron chi connectivity index (χ4n) is 3.66. The van der Waals surface area contributed by atoms with E-state index < -0.39 is 11.7 Å². The van der Waals surface area contributed by atoms with E-state index in [-0.39, 0.29) is 11.9 Å². The number of pyridine rings is 2. The standard InChI is InChI=1S/C24H23F3N4OS/c25-24(26,27)18-6-11-21(29-15-18)31-22-12-10-20(33-22)9-5-16-3-7-19(8-4-16)30-23(32)17-2-1-13-28-14-17/h1-2,5-6,10-15,19H,3-4,7-9H2,(H,29,31)(H,30,32). The molecule has 4 rings (SSSR count). The van der Waals surface area contributed by atoms with Crippen molar-refractivity contribution in [1.29, 1.82) is 0 Å². The third kappa shape index (κ3) is 6.41. The minimum Gasteiger partial charge on any atom is -0.349 e. The molecule has 0 saturated heterocycles. The number of rotatable bonds is 6. The van der Waals surface area contributed by atoms with E-state index in [1.807, 2.05) is 12.1 Å². The van der Waals surface area contributed by atoms with E-state index in [1.165, 1.54) is 11.6 Å². The molecular formula is C24H23F3N4OS. The van der Waals surface area contributed by atoms with Crippen LogP contribution in [0, 0.1) is 0 Å². The maximum absolute atomic E-state index is 12.7. The lowest BCUT2D eigenvalue weighted by Gasteiger charge is -2.25. The zero-order chi connectivity index (χ0) is 23.3. The van der Waals surface area contributed by atoms with Crippen molar-refractivity contribution in [2.75, 3.05) is 5.32 Å². The van der Waals surface area contributed by atoms with E-state index in [0.717, 1.165) is 54.2 Å². The highest BCUT2D eigenvalue weighted by atomic mass is 32.1. The second kappa shape index (κ2) is 10.2. The van der Waals surface area contributed by atoms with Gasteiger partial charge in [-0.25, -0.2) is 4.98 Å². The van der Waals surface area contributed by atoms with Crippen LogP contribution in [0.25, 0.3) is 0 Å². The van der Waals surface area contributed by atoms with Crippen molar-refractivity contribution in [1.82, 2.24) is 15.3 Å². The molecule has 3 aromatic rings.